The first kappa shape index (κ1) is 17.8. The highest BCUT2D eigenvalue weighted by molar-refractivity contribution is 9.11. The zero-order chi connectivity index (χ0) is 17.8. The minimum absolute atomic E-state index is 0.115. The number of halogens is 2. The second kappa shape index (κ2) is 7.89. The second-order valence-electron chi connectivity index (χ2n) is 5.66. The van der Waals surface area contributed by atoms with Crippen molar-refractivity contribution in [2.24, 2.45) is 0 Å². The lowest BCUT2D eigenvalue weighted by molar-refractivity contribution is 0.208. The molecule has 5 nitrogen and oxygen atoms in total. The molecule has 2 aromatic carbocycles. The summed E-state index contributed by atoms with van der Waals surface area (Å²) >= 11 is 6.85. The van der Waals surface area contributed by atoms with Gasteiger partial charge in [-0.05, 0) is 46.3 Å². The number of hydrogen-bond donors (Lipinski definition) is 1. The summed E-state index contributed by atoms with van der Waals surface area (Å²) in [6, 6.07) is 15.3. The molecule has 1 aliphatic rings. The van der Waals surface area contributed by atoms with Crippen LogP contribution in [-0.2, 0) is 0 Å². The van der Waals surface area contributed by atoms with E-state index in [-0.39, 0.29) is 6.03 Å². The molecule has 0 atom stereocenters. The molecule has 1 heterocycles. The number of amides is 2. The number of piperazine rings is 1. The molecule has 2 amide bonds. The summed E-state index contributed by atoms with van der Waals surface area (Å²) in [7, 11) is 0. The number of para-hydroxylation sites is 1. The number of nitrogens with zero attached hydrogens (tertiary/aromatic N) is 3. The van der Waals surface area contributed by atoms with Gasteiger partial charge in [-0.2, -0.15) is 5.26 Å². The summed E-state index contributed by atoms with van der Waals surface area (Å²) < 4.78 is 1.78. The standard InChI is InChI=1S/C18H16Br2N4O/c19-14-5-6-16(15(20)11-14)22-18(25)24-9-7-23(8-10-24)17-4-2-1-3-13(17)12-21/h1-6,11H,7-10H2,(H,22,25). The highest BCUT2D eigenvalue weighted by atomic mass is 79.9. The first-order valence-corrected chi connectivity index (χ1v) is 9.42. The molecule has 1 aliphatic heterocycles. The molecule has 2 aromatic rings. The lowest BCUT2D eigenvalue weighted by Crippen LogP contribution is -2.50. The number of benzene rings is 2. The summed E-state index contributed by atoms with van der Waals surface area (Å²) in [5.41, 5.74) is 2.34. The molecule has 3 rings (SSSR count). The van der Waals surface area contributed by atoms with Gasteiger partial charge in [0.05, 0.1) is 16.9 Å². The van der Waals surface area contributed by atoms with E-state index in [1.54, 1.807) is 4.90 Å². The van der Waals surface area contributed by atoms with Crippen LogP contribution in [0.25, 0.3) is 0 Å². The second-order valence-corrected chi connectivity index (χ2v) is 7.43. The maximum Gasteiger partial charge on any atom is 0.321 e. The highest BCUT2D eigenvalue weighted by Crippen LogP contribution is 2.27. The number of rotatable bonds is 2. The third kappa shape index (κ3) is 4.14. The van der Waals surface area contributed by atoms with Gasteiger partial charge in [0.25, 0.3) is 0 Å². The van der Waals surface area contributed by atoms with E-state index in [1.807, 2.05) is 42.5 Å². The van der Waals surface area contributed by atoms with E-state index in [0.717, 1.165) is 20.3 Å². The maximum atomic E-state index is 12.5. The molecule has 0 aromatic heterocycles. The summed E-state index contributed by atoms with van der Waals surface area (Å²) in [5.74, 6) is 0. The number of urea groups is 1. The van der Waals surface area contributed by atoms with Crippen molar-refractivity contribution >= 4 is 49.3 Å². The molecule has 0 spiro atoms. The van der Waals surface area contributed by atoms with Gasteiger partial charge in [0, 0.05) is 35.1 Å². The number of carbonyl (C=O) groups is 1. The average molecular weight is 464 g/mol. The van der Waals surface area contributed by atoms with E-state index in [2.05, 4.69) is 48.1 Å². The van der Waals surface area contributed by atoms with Crippen LogP contribution < -0.4 is 10.2 Å². The molecule has 0 unspecified atom stereocenters. The molecular weight excluding hydrogens is 448 g/mol. The lowest BCUT2D eigenvalue weighted by Gasteiger charge is -2.36. The van der Waals surface area contributed by atoms with Gasteiger partial charge in [0.1, 0.15) is 6.07 Å². The van der Waals surface area contributed by atoms with Crippen molar-refractivity contribution in [3.8, 4) is 6.07 Å². The van der Waals surface area contributed by atoms with E-state index in [0.29, 0.717) is 31.7 Å². The van der Waals surface area contributed by atoms with E-state index in [9.17, 15) is 10.1 Å². The third-order valence-corrected chi connectivity index (χ3v) is 5.25. The minimum Gasteiger partial charge on any atom is -0.367 e. The van der Waals surface area contributed by atoms with Gasteiger partial charge in [-0.1, -0.05) is 28.1 Å². The van der Waals surface area contributed by atoms with Gasteiger partial charge < -0.3 is 15.1 Å². The van der Waals surface area contributed by atoms with E-state index in [1.165, 1.54) is 0 Å². The molecule has 1 fully saturated rings. The fourth-order valence-electron chi connectivity index (χ4n) is 2.78. The Morgan fingerprint density at radius 1 is 1.08 bits per heavy atom. The Bertz CT molecular complexity index is 826. The average Bonchev–Trinajstić information content (AvgIpc) is 2.64. The summed E-state index contributed by atoms with van der Waals surface area (Å²) in [6.45, 7) is 2.63. The van der Waals surface area contributed by atoms with Gasteiger partial charge in [0.15, 0.2) is 0 Å². The van der Waals surface area contributed by atoms with Crippen LogP contribution in [0, 0.1) is 11.3 Å². The molecule has 0 bridgehead atoms. The lowest BCUT2D eigenvalue weighted by atomic mass is 10.1. The Morgan fingerprint density at radius 2 is 1.80 bits per heavy atom. The number of anilines is 2. The van der Waals surface area contributed by atoms with Crippen LogP contribution in [-0.4, -0.2) is 37.1 Å². The quantitative estimate of drug-likeness (QED) is 0.716. The van der Waals surface area contributed by atoms with Crippen LogP contribution in [0.4, 0.5) is 16.2 Å². The summed E-state index contributed by atoms with van der Waals surface area (Å²) in [6.07, 6.45) is 0. The predicted octanol–water partition coefficient (Wildman–Crippen LogP) is 4.44. The number of nitriles is 1. The molecule has 25 heavy (non-hydrogen) atoms. The van der Waals surface area contributed by atoms with Gasteiger partial charge >= 0.3 is 6.03 Å². The molecule has 128 valence electrons. The van der Waals surface area contributed by atoms with Crippen molar-refractivity contribution in [2.75, 3.05) is 36.4 Å². The zero-order valence-corrected chi connectivity index (χ0v) is 16.5. The molecule has 1 N–H and O–H groups in total. The van der Waals surface area contributed by atoms with E-state index >= 15 is 0 Å². The maximum absolute atomic E-state index is 12.5. The van der Waals surface area contributed by atoms with Gasteiger partial charge in [-0.25, -0.2) is 4.79 Å². The molecule has 0 aliphatic carbocycles. The largest absolute Gasteiger partial charge is 0.367 e. The molecule has 0 radical (unpaired) electrons. The Morgan fingerprint density at radius 3 is 2.48 bits per heavy atom. The van der Waals surface area contributed by atoms with Crippen LogP contribution in [0.3, 0.4) is 0 Å². The smallest absolute Gasteiger partial charge is 0.321 e. The van der Waals surface area contributed by atoms with Crippen molar-refractivity contribution in [2.45, 2.75) is 0 Å². The molecule has 0 saturated carbocycles. The van der Waals surface area contributed by atoms with Gasteiger partial charge in [0.2, 0.25) is 0 Å². The first-order valence-electron chi connectivity index (χ1n) is 7.83. The van der Waals surface area contributed by atoms with Crippen molar-refractivity contribution in [1.82, 2.24) is 4.90 Å². The van der Waals surface area contributed by atoms with E-state index < -0.39 is 0 Å². The van der Waals surface area contributed by atoms with Gasteiger partial charge in [-0.3, -0.25) is 0 Å². The van der Waals surface area contributed by atoms with Crippen molar-refractivity contribution in [3.05, 3.63) is 57.0 Å². The van der Waals surface area contributed by atoms with Crippen LogP contribution >= 0.6 is 31.9 Å². The Balaban J connectivity index is 1.62. The summed E-state index contributed by atoms with van der Waals surface area (Å²) in [4.78, 5) is 16.4. The van der Waals surface area contributed by atoms with Crippen LogP contribution in [0.15, 0.2) is 51.4 Å². The molecule has 1 saturated heterocycles. The van der Waals surface area contributed by atoms with Crippen LogP contribution in [0.5, 0.6) is 0 Å². The Kier molecular flexibility index (Phi) is 5.61. The van der Waals surface area contributed by atoms with Crippen molar-refractivity contribution < 1.29 is 4.79 Å². The number of nitrogens with one attached hydrogen (secondary N) is 1. The SMILES string of the molecule is N#Cc1ccccc1N1CCN(C(=O)Nc2ccc(Br)cc2Br)CC1. The molecule has 7 heteroatoms. The van der Waals surface area contributed by atoms with Crippen LogP contribution in [0.2, 0.25) is 0 Å². The zero-order valence-electron chi connectivity index (χ0n) is 13.4. The third-order valence-electron chi connectivity index (χ3n) is 4.10. The van der Waals surface area contributed by atoms with E-state index in [4.69, 9.17) is 0 Å². The summed E-state index contributed by atoms with van der Waals surface area (Å²) in [5, 5.41) is 12.2. The fourth-order valence-corrected chi connectivity index (χ4v) is 3.93. The number of hydrogen-bond acceptors (Lipinski definition) is 3. The first-order chi connectivity index (χ1) is 12.1. The molecular formula is C18H16Br2N4O. The highest BCUT2D eigenvalue weighted by Gasteiger charge is 2.23. The van der Waals surface area contributed by atoms with Crippen molar-refractivity contribution in [3.63, 3.8) is 0 Å². The van der Waals surface area contributed by atoms with Gasteiger partial charge in [-0.15, -0.1) is 0 Å². The normalized spacial score (nSPS) is 14.1. The minimum atomic E-state index is -0.115. The topological polar surface area (TPSA) is 59.4 Å². The number of carbonyl (C=O) groups excluding carboxylic acids is 1. The van der Waals surface area contributed by atoms with Crippen molar-refractivity contribution in [1.29, 1.82) is 5.26 Å². The Hall–Kier alpha value is -2.04. The monoisotopic (exact) mass is 462 g/mol. The Labute approximate surface area is 163 Å². The fraction of sp³-hybridized carbons (Fsp3) is 0.222. The van der Waals surface area contributed by atoms with Crippen LogP contribution in [0.1, 0.15) is 5.56 Å². The predicted molar refractivity (Wildman–Crippen MR) is 106 cm³/mol.